The third kappa shape index (κ3) is 3.67. The third-order valence-corrected chi connectivity index (χ3v) is 5.20. The average molecular weight is 367 g/mol. The highest BCUT2D eigenvalue weighted by atomic mass is 79.9. The molecule has 0 spiro atoms. The van der Waals surface area contributed by atoms with Crippen molar-refractivity contribution in [1.29, 1.82) is 0 Å². The van der Waals surface area contributed by atoms with Crippen LogP contribution in [0.25, 0.3) is 11.0 Å². The molecule has 1 aliphatic rings. The molecule has 0 unspecified atom stereocenters. The molecule has 1 aliphatic heterocycles. The number of hydrogen-bond acceptors (Lipinski definition) is 4. The van der Waals surface area contributed by atoms with Crippen LogP contribution in [-0.2, 0) is 11.3 Å². The zero-order chi connectivity index (χ0) is 15.4. The highest BCUT2D eigenvalue weighted by Crippen LogP contribution is 2.23. The molecule has 0 atom stereocenters. The fourth-order valence-corrected chi connectivity index (χ4v) is 3.24. The lowest BCUT2D eigenvalue weighted by atomic mass is 9.99. The molecule has 6 heteroatoms. The first-order valence-electron chi connectivity index (χ1n) is 8.02. The normalized spacial score (nSPS) is 16.5. The zero-order valence-electron chi connectivity index (χ0n) is 13.0. The molecule has 0 aliphatic carbocycles. The molecule has 120 valence electrons. The molecule has 1 aromatic carbocycles. The zero-order valence-corrected chi connectivity index (χ0v) is 14.6. The number of ether oxygens (including phenoxy) is 1. The van der Waals surface area contributed by atoms with Gasteiger partial charge in [0, 0.05) is 24.2 Å². The van der Waals surface area contributed by atoms with Crippen molar-refractivity contribution in [3.8, 4) is 0 Å². The summed E-state index contributed by atoms with van der Waals surface area (Å²) in [6.45, 7) is 6.87. The van der Waals surface area contributed by atoms with Crippen molar-refractivity contribution in [2.45, 2.75) is 32.7 Å². The molecule has 5 nitrogen and oxygen atoms in total. The van der Waals surface area contributed by atoms with E-state index in [9.17, 15) is 0 Å². The Hall–Kier alpha value is -0.980. The van der Waals surface area contributed by atoms with Crippen molar-refractivity contribution < 1.29 is 4.74 Å². The number of hydrogen-bond donors (Lipinski definition) is 1. The topological polar surface area (TPSA) is 52.0 Å². The second-order valence-electron chi connectivity index (χ2n) is 5.97. The first kappa shape index (κ1) is 15.9. The van der Waals surface area contributed by atoms with Crippen molar-refractivity contribution >= 4 is 27.0 Å². The number of aromatic nitrogens is 3. The Morgan fingerprint density at radius 2 is 2.18 bits per heavy atom. The molecular weight excluding hydrogens is 344 g/mol. The van der Waals surface area contributed by atoms with Gasteiger partial charge in [0.2, 0.25) is 0 Å². The second kappa shape index (κ2) is 7.53. The van der Waals surface area contributed by atoms with E-state index in [0.29, 0.717) is 0 Å². The number of rotatable bonds is 6. The Kier molecular flexibility index (Phi) is 5.44. The summed E-state index contributed by atoms with van der Waals surface area (Å²) < 4.78 is 8.89. The van der Waals surface area contributed by atoms with Crippen molar-refractivity contribution in [2.75, 3.05) is 26.3 Å². The number of piperidine rings is 1. The Morgan fingerprint density at radius 1 is 1.36 bits per heavy atom. The maximum Gasteiger partial charge on any atom is 0.117 e. The summed E-state index contributed by atoms with van der Waals surface area (Å²) in [6, 6.07) is 4.13. The van der Waals surface area contributed by atoms with Crippen LogP contribution < -0.4 is 5.32 Å². The molecule has 22 heavy (non-hydrogen) atoms. The lowest BCUT2D eigenvalue weighted by Gasteiger charge is -2.22. The van der Waals surface area contributed by atoms with Crippen LogP contribution >= 0.6 is 15.9 Å². The van der Waals surface area contributed by atoms with Crippen LogP contribution in [0.15, 0.2) is 16.6 Å². The minimum Gasteiger partial charge on any atom is -0.381 e. The largest absolute Gasteiger partial charge is 0.381 e. The highest BCUT2D eigenvalue weighted by Gasteiger charge is 2.13. The monoisotopic (exact) mass is 366 g/mol. The molecule has 0 bridgehead atoms. The third-order valence-electron chi connectivity index (χ3n) is 4.35. The van der Waals surface area contributed by atoms with Gasteiger partial charge >= 0.3 is 0 Å². The van der Waals surface area contributed by atoms with E-state index in [1.807, 2.05) is 4.68 Å². The summed E-state index contributed by atoms with van der Waals surface area (Å²) >= 11 is 3.54. The van der Waals surface area contributed by atoms with Gasteiger partial charge in [0.15, 0.2) is 0 Å². The Balaban J connectivity index is 1.46. The summed E-state index contributed by atoms with van der Waals surface area (Å²) in [5.74, 6) is 0.730. The van der Waals surface area contributed by atoms with Gasteiger partial charge in [-0.1, -0.05) is 21.1 Å². The smallest absolute Gasteiger partial charge is 0.117 e. The van der Waals surface area contributed by atoms with Crippen LogP contribution in [0.2, 0.25) is 0 Å². The van der Waals surface area contributed by atoms with Crippen LogP contribution in [0.4, 0.5) is 0 Å². The summed E-state index contributed by atoms with van der Waals surface area (Å²) in [5.41, 5.74) is 3.22. The molecule has 0 saturated carbocycles. The molecule has 1 fully saturated rings. The molecule has 1 N–H and O–H groups in total. The Labute approximate surface area is 139 Å². The number of aryl methyl sites for hydroxylation is 2. The fraction of sp³-hybridized carbons (Fsp3) is 0.625. The van der Waals surface area contributed by atoms with Gasteiger partial charge in [-0.2, -0.15) is 0 Å². The van der Waals surface area contributed by atoms with Crippen LogP contribution in [0, 0.1) is 12.8 Å². The predicted octanol–water partition coefficient (Wildman–Crippen LogP) is 2.91. The van der Waals surface area contributed by atoms with Crippen LogP contribution in [0.1, 0.15) is 24.8 Å². The van der Waals surface area contributed by atoms with Gasteiger partial charge < -0.3 is 10.1 Å². The molecule has 1 saturated heterocycles. The van der Waals surface area contributed by atoms with E-state index in [0.717, 1.165) is 66.3 Å². The number of benzene rings is 1. The first-order valence-corrected chi connectivity index (χ1v) is 8.82. The summed E-state index contributed by atoms with van der Waals surface area (Å²) in [5, 5.41) is 11.9. The van der Waals surface area contributed by atoms with Crippen molar-refractivity contribution in [3.05, 3.63) is 22.2 Å². The maximum atomic E-state index is 5.83. The number of fused-ring (bicyclic) bond motifs is 1. The number of nitrogens with zero attached hydrogens (tertiary/aromatic N) is 3. The molecule has 2 heterocycles. The van der Waals surface area contributed by atoms with E-state index < -0.39 is 0 Å². The van der Waals surface area contributed by atoms with E-state index in [1.165, 1.54) is 12.8 Å². The Morgan fingerprint density at radius 3 is 3.00 bits per heavy atom. The van der Waals surface area contributed by atoms with Crippen molar-refractivity contribution in [2.24, 2.45) is 5.92 Å². The van der Waals surface area contributed by atoms with Gasteiger partial charge in [-0.05, 0) is 62.9 Å². The average Bonchev–Trinajstić information content (AvgIpc) is 2.95. The van der Waals surface area contributed by atoms with E-state index in [4.69, 9.17) is 4.74 Å². The van der Waals surface area contributed by atoms with E-state index in [2.05, 4.69) is 50.6 Å². The second-order valence-corrected chi connectivity index (χ2v) is 6.83. The molecular formula is C16H23BrN4O. The highest BCUT2D eigenvalue weighted by molar-refractivity contribution is 9.10. The lowest BCUT2D eigenvalue weighted by Crippen LogP contribution is -2.30. The van der Waals surface area contributed by atoms with E-state index in [1.54, 1.807) is 0 Å². The molecule has 1 aromatic heterocycles. The molecule has 0 amide bonds. The van der Waals surface area contributed by atoms with E-state index in [-0.39, 0.29) is 0 Å². The van der Waals surface area contributed by atoms with Gasteiger partial charge in [-0.3, -0.25) is 0 Å². The number of halogens is 1. The van der Waals surface area contributed by atoms with Crippen LogP contribution in [0.5, 0.6) is 0 Å². The standard InChI is InChI=1S/C16H23BrN4O/c1-12-14(17)3-4-15-16(12)19-20-21(15)9-2-10-22-11-13-5-7-18-8-6-13/h3-4,13,18H,2,5-11H2,1H3. The summed E-state index contributed by atoms with van der Waals surface area (Å²) in [4.78, 5) is 0. The van der Waals surface area contributed by atoms with Gasteiger partial charge in [0.25, 0.3) is 0 Å². The minimum absolute atomic E-state index is 0.730. The lowest BCUT2D eigenvalue weighted by molar-refractivity contribution is 0.0838. The van der Waals surface area contributed by atoms with Gasteiger partial charge in [-0.15, -0.1) is 5.10 Å². The molecule has 0 radical (unpaired) electrons. The van der Waals surface area contributed by atoms with Gasteiger partial charge in [0.05, 0.1) is 5.52 Å². The van der Waals surface area contributed by atoms with Gasteiger partial charge in [-0.25, -0.2) is 4.68 Å². The minimum atomic E-state index is 0.730. The summed E-state index contributed by atoms with van der Waals surface area (Å²) in [7, 11) is 0. The predicted molar refractivity (Wildman–Crippen MR) is 91.0 cm³/mol. The molecule has 3 rings (SSSR count). The SMILES string of the molecule is Cc1c(Br)ccc2c1nnn2CCCOCC1CCNCC1. The van der Waals surface area contributed by atoms with Crippen molar-refractivity contribution in [3.63, 3.8) is 0 Å². The van der Waals surface area contributed by atoms with Crippen LogP contribution in [-0.4, -0.2) is 41.3 Å². The fourth-order valence-electron chi connectivity index (χ4n) is 2.92. The molecule has 2 aromatic rings. The maximum absolute atomic E-state index is 5.83. The quantitative estimate of drug-likeness (QED) is 0.798. The van der Waals surface area contributed by atoms with Crippen molar-refractivity contribution in [1.82, 2.24) is 20.3 Å². The van der Waals surface area contributed by atoms with Gasteiger partial charge in [0.1, 0.15) is 5.52 Å². The van der Waals surface area contributed by atoms with E-state index >= 15 is 0 Å². The first-order chi connectivity index (χ1) is 10.8. The number of nitrogens with one attached hydrogen (secondary N) is 1. The Bertz CT molecular complexity index is 622. The van der Waals surface area contributed by atoms with Crippen LogP contribution in [0.3, 0.4) is 0 Å². The summed E-state index contributed by atoms with van der Waals surface area (Å²) in [6.07, 6.45) is 3.45.